The van der Waals surface area contributed by atoms with Crippen molar-refractivity contribution in [1.29, 1.82) is 0 Å². The van der Waals surface area contributed by atoms with Crippen molar-refractivity contribution in [2.75, 3.05) is 14.2 Å². The molecule has 1 amide bonds. The third-order valence-electron chi connectivity index (χ3n) is 5.77. The van der Waals surface area contributed by atoms with Crippen LogP contribution < -0.4 is 10.5 Å². The lowest BCUT2D eigenvalue weighted by Gasteiger charge is -2.48. The van der Waals surface area contributed by atoms with Gasteiger partial charge in [0.15, 0.2) is 5.96 Å². The Balaban J connectivity index is 2.01. The van der Waals surface area contributed by atoms with Crippen molar-refractivity contribution in [3.63, 3.8) is 0 Å². The summed E-state index contributed by atoms with van der Waals surface area (Å²) < 4.78 is 6.36. The molecular formula is C19H20BrN3O2S. The Morgan fingerprint density at radius 2 is 2.15 bits per heavy atom. The smallest absolute Gasteiger partial charge is 0.242 e. The first-order chi connectivity index (χ1) is 12.3. The second-order valence-corrected chi connectivity index (χ2v) is 8.79. The first-order valence-corrected chi connectivity index (χ1v) is 10.1. The number of carbonyl (C=O) groups is 1. The summed E-state index contributed by atoms with van der Waals surface area (Å²) in [5.41, 5.74) is 6.78. The first kappa shape index (κ1) is 17.5. The van der Waals surface area contributed by atoms with E-state index in [0.29, 0.717) is 6.42 Å². The highest BCUT2D eigenvalue weighted by molar-refractivity contribution is 9.10. The number of aryl methyl sites for hydroxylation is 1. The zero-order valence-electron chi connectivity index (χ0n) is 14.9. The highest BCUT2D eigenvalue weighted by Gasteiger charge is 2.62. The van der Waals surface area contributed by atoms with Gasteiger partial charge in [0.25, 0.3) is 0 Å². The Hall–Kier alpha value is -1.86. The number of guanidine groups is 1. The SMILES string of the molecule is COc1ccc2c(c1)CCC21C(=O)N(C)C(N)=N[C@]1(C)c1cc(Br)cs1. The lowest BCUT2D eigenvalue weighted by atomic mass is 9.64. The molecule has 0 saturated carbocycles. The minimum absolute atomic E-state index is 0.000870. The summed E-state index contributed by atoms with van der Waals surface area (Å²) in [4.78, 5) is 21.0. The highest BCUT2D eigenvalue weighted by atomic mass is 79.9. The monoisotopic (exact) mass is 433 g/mol. The van der Waals surface area contributed by atoms with Gasteiger partial charge < -0.3 is 10.5 Å². The fraction of sp³-hybridized carbons (Fsp3) is 0.368. The number of benzene rings is 1. The lowest BCUT2D eigenvalue weighted by molar-refractivity contribution is -0.136. The molecule has 2 N–H and O–H groups in total. The topological polar surface area (TPSA) is 67.9 Å². The summed E-state index contributed by atoms with van der Waals surface area (Å²) in [6.45, 7) is 2.03. The number of rotatable bonds is 2. The van der Waals surface area contributed by atoms with Gasteiger partial charge in [-0.1, -0.05) is 6.07 Å². The second kappa shape index (κ2) is 5.82. The van der Waals surface area contributed by atoms with E-state index < -0.39 is 11.0 Å². The van der Waals surface area contributed by atoms with Gasteiger partial charge in [0.2, 0.25) is 5.91 Å². The number of fused-ring (bicyclic) bond motifs is 2. The van der Waals surface area contributed by atoms with Gasteiger partial charge in [-0.3, -0.25) is 9.69 Å². The van der Waals surface area contributed by atoms with Gasteiger partial charge in [0.05, 0.1) is 7.11 Å². The van der Waals surface area contributed by atoms with Gasteiger partial charge in [-0.25, -0.2) is 4.99 Å². The lowest BCUT2D eigenvalue weighted by Crippen LogP contribution is -2.62. The van der Waals surface area contributed by atoms with Crippen LogP contribution in [0.2, 0.25) is 0 Å². The summed E-state index contributed by atoms with van der Waals surface area (Å²) in [7, 11) is 3.36. The van der Waals surface area contributed by atoms with E-state index in [2.05, 4.69) is 15.9 Å². The van der Waals surface area contributed by atoms with Gasteiger partial charge >= 0.3 is 0 Å². The number of amides is 1. The maximum absolute atomic E-state index is 13.6. The van der Waals surface area contributed by atoms with Gasteiger partial charge in [-0.2, -0.15) is 0 Å². The molecule has 5 nitrogen and oxygen atoms in total. The molecule has 1 spiro atoms. The van der Waals surface area contributed by atoms with Crippen LogP contribution in [-0.4, -0.2) is 30.9 Å². The molecule has 1 unspecified atom stereocenters. The Morgan fingerprint density at radius 1 is 1.38 bits per heavy atom. The highest BCUT2D eigenvalue weighted by Crippen LogP contribution is 2.57. The fourth-order valence-electron chi connectivity index (χ4n) is 4.34. The van der Waals surface area contributed by atoms with Crippen LogP contribution in [0.4, 0.5) is 0 Å². The predicted molar refractivity (Wildman–Crippen MR) is 107 cm³/mol. The van der Waals surface area contributed by atoms with E-state index in [1.165, 1.54) is 4.90 Å². The van der Waals surface area contributed by atoms with Crippen LogP contribution in [0.1, 0.15) is 29.3 Å². The van der Waals surface area contributed by atoms with E-state index in [9.17, 15) is 4.79 Å². The molecule has 1 aliphatic carbocycles. The molecular weight excluding hydrogens is 414 g/mol. The maximum atomic E-state index is 13.6. The van der Waals surface area contributed by atoms with Crippen molar-refractivity contribution in [3.8, 4) is 5.75 Å². The molecule has 1 aromatic carbocycles. The standard InChI is InChI=1S/C19H20BrN3O2S/c1-18(15-9-12(20)10-26-15)19(16(24)23(2)17(21)22-18)7-6-11-8-13(25-3)4-5-14(11)19/h4-5,8-10H,6-7H2,1-3H3,(H2,21,22)/t18-,19?/m1/s1. The maximum Gasteiger partial charge on any atom is 0.242 e. The third kappa shape index (κ3) is 2.13. The molecule has 0 fully saturated rings. The fourth-order valence-corrected chi connectivity index (χ4v) is 5.95. The van der Waals surface area contributed by atoms with Crippen molar-refractivity contribution in [1.82, 2.24) is 4.90 Å². The number of thiophene rings is 1. The number of nitrogens with zero attached hydrogens (tertiary/aromatic N) is 2. The van der Waals surface area contributed by atoms with E-state index in [1.54, 1.807) is 25.5 Å². The molecule has 1 aromatic heterocycles. The van der Waals surface area contributed by atoms with Gasteiger partial charge in [0, 0.05) is 21.8 Å². The van der Waals surface area contributed by atoms with Gasteiger partial charge in [-0.15, -0.1) is 11.3 Å². The molecule has 2 heterocycles. The molecule has 1 aliphatic heterocycles. The Labute approximate surface area is 165 Å². The van der Waals surface area contributed by atoms with Crippen molar-refractivity contribution in [2.24, 2.45) is 10.7 Å². The number of hydrogen-bond donors (Lipinski definition) is 1. The van der Waals surface area contributed by atoms with E-state index in [1.807, 2.05) is 36.6 Å². The number of likely N-dealkylation sites (N-methyl/N-ethyl adjacent to an activating group) is 1. The molecule has 2 aromatic rings. The van der Waals surface area contributed by atoms with Crippen LogP contribution in [0.3, 0.4) is 0 Å². The van der Waals surface area contributed by atoms with Crippen LogP contribution in [0.25, 0.3) is 0 Å². The molecule has 136 valence electrons. The first-order valence-electron chi connectivity index (χ1n) is 8.39. The number of carbonyl (C=O) groups excluding carboxylic acids is 1. The van der Waals surface area contributed by atoms with Crippen LogP contribution >= 0.6 is 27.3 Å². The summed E-state index contributed by atoms with van der Waals surface area (Å²) in [5.74, 6) is 1.07. The van der Waals surface area contributed by atoms with Crippen molar-refractivity contribution >= 4 is 39.1 Å². The number of nitrogens with two attached hydrogens (primary N) is 1. The number of methoxy groups -OCH3 is 1. The van der Waals surface area contributed by atoms with Crippen LogP contribution in [0.15, 0.2) is 39.1 Å². The number of aliphatic imine (C=N–C) groups is 1. The Kier molecular flexibility index (Phi) is 3.93. The number of ether oxygens (including phenoxy) is 1. The van der Waals surface area contributed by atoms with E-state index in [-0.39, 0.29) is 11.9 Å². The van der Waals surface area contributed by atoms with Crippen molar-refractivity contribution in [2.45, 2.75) is 30.7 Å². The minimum Gasteiger partial charge on any atom is -0.497 e. The molecule has 4 rings (SSSR count). The Morgan fingerprint density at radius 3 is 2.81 bits per heavy atom. The number of halogens is 1. The largest absolute Gasteiger partial charge is 0.497 e. The van der Waals surface area contributed by atoms with E-state index in [0.717, 1.165) is 32.6 Å². The molecule has 0 bridgehead atoms. The molecule has 2 aliphatic rings. The van der Waals surface area contributed by atoms with Gasteiger partial charge in [0.1, 0.15) is 16.7 Å². The summed E-state index contributed by atoms with van der Waals surface area (Å²) >= 11 is 5.13. The van der Waals surface area contributed by atoms with Crippen molar-refractivity contribution < 1.29 is 9.53 Å². The van der Waals surface area contributed by atoms with Crippen LogP contribution in [-0.2, 0) is 22.2 Å². The van der Waals surface area contributed by atoms with Crippen LogP contribution in [0.5, 0.6) is 5.75 Å². The summed E-state index contributed by atoms with van der Waals surface area (Å²) in [6.07, 6.45) is 1.51. The summed E-state index contributed by atoms with van der Waals surface area (Å²) in [6, 6.07) is 8.02. The Bertz CT molecular complexity index is 941. The van der Waals surface area contributed by atoms with E-state index in [4.69, 9.17) is 15.5 Å². The molecule has 0 saturated heterocycles. The van der Waals surface area contributed by atoms with Crippen LogP contribution in [0, 0.1) is 0 Å². The second-order valence-electron chi connectivity index (χ2n) is 6.96. The number of hydrogen-bond acceptors (Lipinski definition) is 5. The molecule has 0 radical (unpaired) electrons. The van der Waals surface area contributed by atoms with Crippen molar-refractivity contribution in [3.05, 3.63) is 50.1 Å². The summed E-state index contributed by atoms with van der Waals surface area (Å²) in [5, 5.41) is 2.02. The average Bonchev–Trinajstić information content (AvgIpc) is 3.23. The minimum atomic E-state index is -0.767. The normalized spacial score (nSPS) is 27.6. The van der Waals surface area contributed by atoms with Gasteiger partial charge in [-0.05, 0) is 65.0 Å². The predicted octanol–water partition coefficient (Wildman–Crippen LogP) is 3.41. The third-order valence-corrected chi connectivity index (χ3v) is 7.67. The zero-order chi connectivity index (χ0) is 18.7. The average molecular weight is 434 g/mol. The zero-order valence-corrected chi connectivity index (χ0v) is 17.3. The molecule has 7 heteroatoms. The quantitative estimate of drug-likeness (QED) is 0.788. The van der Waals surface area contributed by atoms with E-state index >= 15 is 0 Å². The molecule has 26 heavy (non-hydrogen) atoms. The molecule has 2 atom stereocenters.